The summed E-state index contributed by atoms with van der Waals surface area (Å²) >= 11 is 0. The molecule has 19 heavy (non-hydrogen) atoms. The highest BCUT2D eigenvalue weighted by Crippen LogP contribution is 2.24. The summed E-state index contributed by atoms with van der Waals surface area (Å²) in [5.74, 6) is 0.908. The third kappa shape index (κ3) is 3.47. The van der Waals surface area contributed by atoms with E-state index in [0.29, 0.717) is 0 Å². The van der Waals surface area contributed by atoms with Crippen molar-refractivity contribution in [3.63, 3.8) is 0 Å². The average molecular weight is 259 g/mol. The summed E-state index contributed by atoms with van der Waals surface area (Å²) in [6.07, 6.45) is 10.8. The molecule has 0 saturated carbocycles. The Balaban J connectivity index is 1.46. The number of pyridine rings is 1. The fraction of sp³-hybridized carbons (Fsp3) is 0.688. The van der Waals surface area contributed by atoms with Crippen LogP contribution in [0.3, 0.4) is 0 Å². The van der Waals surface area contributed by atoms with Gasteiger partial charge in [0.25, 0.3) is 0 Å². The predicted molar refractivity (Wildman–Crippen MR) is 79.5 cm³/mol. The van der Waals surface area contributed by atoms with Crippen molar-refractivity contribution < 1.29 is 0 Å². The lowest BCUT2D eigenvalue weighted by Gasteiger charge is -2.37. The van der Waals surface area contributed by atoms with Crippen LogP contribution < -0.4 is 4.90 Å². The quantitative estimate of drug-likeness (QED) is 0.832. The minimum atomic E-state index is 0.908. The molecule has 2 aliphatic rings. The molecular weight excluding hydrogens is 234 g/mol. The average Bonchev–Trinajstić information content (AvgIpc) is 2.50. The first kappa shape index (κ1) is 12.9. The van der Waals surface area contributed by atoms with Gasteiger partial charge in [0.15, 0.2) is 0 Å². The topological polar surface area (TPSA) is 19.4 Å². The maximum absolute atomic E-state index is 4.22. The summed E-state index contributed by atoms with van der Waals surface area (Å²) in [7, 11) is 0. The molecule has 1 aromatic heterocycles. The Morgan fingerprint density at radius 1 is 1.05 bits per heavy atom. The lowest BCUT2D eigenvalue weighted by Crippen LogP contribution is -2.40. The van der Waals surface area contributed by atoms with Crippen LogP contribution in [0.15, 0.2) is 24.5 Å². The summed E-state index contributed by atoms with van der Waals surface area (Å²) < 4.78 is 0. The number of likely N-dealkylation sites (tertiary alicyclic amines) is 1. The molecule has 3 rings (SSSR count). The van der Waals surface area contributed by atoms with Gasteiger partial charge >= 0.3 is 0 Å². The normalized spacial score (nSPS) is 22.6. The Morgan fingerprint density at radius 3 is 2.53 bits per heavy atom. The van der Waals surface area contributed by atoms with E-state index in [9.17, 15) is 0 Å². The molecule has 3 heterocycles. The van der Waals surface area contributed by atoms with Crippen LogP contribution in [0.2, 0.25) is 0 Å². The summed E-state index contributed by atoms with van der Waals surface area (Å²) in [6.45, 7) is 6.40. The van der Waals surface area contributed by atoms with Crippen molar-refractivity contribution >= 4 is 5.69 Å². The molecule has 2 saturated heterocycles. The molecule has 1 aromatic rings. The van der Waals surface area contributed by atoms with Gasteiger partial charge in [-0.05, 0) is 56.8 Å². The summed E-state index contributed by atoms with van der Waals surface area (Å²) in [5, 5.41) is 0. The Bertz CT molecular complexity index is 365. The minimum absolute atomic E-state index is 0.908. The molecule has 0 N–H and O–H groups in total. The second kappa shape index (κ2) is 6.38. The standard InChI is InChI=1S/C16H25N3/c1-2-9-18(10-3-1)14-15-6-11-19(12-7-15)16-5-4-8-17-13-16/h4-5,8,13,15H,1-3,6-7,9-12,14H2. The van der Waals surface area contributed by atoms with Gasteiger partial charge in [0.1, 0.15) is 0 Å². The Kier molecular flexibility index (Phi) is 4.34. The highest BCUT2D eigenvalue weighted by Gasteiger charge is 2.22. The van der Waals surface area contributed by atoms with E-state index < -0.39 is 0 Å². The van der Waals surface area contributed by atoms with Crippen molar-refractivity contribution in [2.45, 2.75) is 32.1 Å². The van der Waals surface area contributed by atoms with Crippen LogP contribution in [0.5, 0.6) is 0 Å². The Labute approximate surface area is 116 Å². The van der Waals surface area contributed by atoms with Gasteiger partial charge in [0, 0.05) is 25.8 Å². The lowest BCUT2D eigenvalue weighted by molar-refractivity contribution is 0.181. The highest BCUT2D eigenvalue weighted by molar-refractivity contribution is 5.43. The molecule has 0 amide bonds. The van der Waals surface area contributed by atoms with E-state index in [-0.39, 0.29) is 0 Å². The van der Waals surface area contributed by atoms with Gasteiger partial charge in [-0.2, -0.15) is 0 Å². The molecule has 3 nitrogen and oxygen atoms in total. The zero-order valence-electron chi connectivity index (χ0n) is 11.8. The summed E-state index contributed by atoms with van der Waals surface area (Å²) in [5.41, 5.74) is 1.29. The first-order valence-corrected chi connectivity index (χ1v) is 7.79. The maximum Gasteiger partial charge on any atom is 0.0552 e. The molecule has 0 aliphatic carbocycles. The Hall–Kier alpha value is -1.09. The molecule has 3 heteroatoms. The van der Waals surface area contributed by atoms with Gasteiger partial charge < -0.3 is 9.80 Å². The van der Waals surface area contributed by atoms with Gasteiger partial charge in [-0.3, -0.25) is 4.98 Å². The zero-order valence-corrected chi connectivity index (χ0v) is 11.8. The molecule has 0 bridgehead atoms. The van der Waals surface area contributed by atoms with Crippen LogP contribution in [-0.2, 0) is 0 Å². The predicted octanol–water partition coefficient (Wildman–Crippen LogP) is 2.78. The number of hydrogen-bond donors (Lipinski definition) is 0. The number of rotatable bonds is 3. The SMILES string of the molecule is c1cncc(N2CCC(CN3CCCCC3)CC2)c1. The monoisotopic (exact) mass is 259 g/mol. The van der Waals surface area contributed by atoms with E-state index in [0.717, 1.165) is 5.92 Å². The van der Waals surface area contributed by atoms with E-state index in [1.54, 1.807) is 0 Å². The van der Waals surface area contributed by atoms with Crippen LogP contribution in [0.25, 0.3) is 0 Å². The number of piperidine rings is 2. The van der Waals surface area contributed by atoms with E-state index in [1.165, 1.54) is 70.5 Å². The van der Waals surface area contributed by atoms with Crippen molar-refractivity contribution in [3.05, 3.63) is 24.5 Å². The van der Waals surface area contributed by atoms with E-state index in [1.807, 2.05) is 18.5 Å². The molecule has 2 aliphatic heterocycles. The van der Waals surface area contributed by atoms with E-state index in [4.69, 9.17) is 0 Å². The van der Waals surface area contributed by atoms with Gasteiger partial charge in [-0.15, -0.1) is 0 Å². The molecule has 0 aromatic carbocycles. The van der Waals surface area contributed by atoms with Gasteiger partial charge in [0.05, 0.1) is 11.9 Å². The smallest absolute Gasteiger partial charge is 0.0552 e. The van der Waals surface area contributed by atoms with Gasteiger partial charge in [-0.25, -0.2) is 0 Å². The number of anilines is 1. The molecular formula is C16H25N3. The largest absolute Gasteiger partial charge is 0.370 e. The number of hydrogen-bond acceptors (Lipinski definition) is 3. The van der Waals surface area contributed by atoms with Gasteiger partial charge in [-0.1, -0.05) is 6.42 Å². The first-order chi connectivity index (χ1) is 9.42. The maximum atomic E-state index is 4.22. The van der Waals surface area contributed by atoms with Crippen molar-refractivity contribution in [3.8, 4) is 0 Å². The number of nitrogens with zero attached hydrogens (tertiary/aromatic N) is 3. The van der Waals surface area contributed by atoms with Crippen LogP contribution in [-0.4, -0.2) is 42.6 Å². The van der Waals surface area contributed by atoms with Crippen molar-refractivity contribution in [1.82, 2.24) is 9.88 Å². The Morgan fingerprint density at radius 2 is 1.84 bits per heavy atom. The van der Waals surface area contributed by atoms with Crippen molar-refractivity contribution in [2.75, 3.05) is 37.6 Å². The zero-order chi connectivity index (χ0) is 12.9. The molecule has 0 unspecified atom stereocenters. The molecule has 0 spiro atoms. The lowest BCUT2D eigenvalue weighted by atomic mass is 9.95. The van der Waals surface area contributed by atoms with Gasteiger partial charge in [0.2, 0.25) is 0 Å². The molecule has 0 radical (unpaired) electrons. The van der Waals surface area contributed by atoms with Crippen molar-refractivity contribution in [2.24, 2.45) is 5.92 Å². The third-order valence-corrected chi connectivity index (χ3v) is 4.59. The van der Waals surface area contributed by atoms with E-state index in [2.05, 4.69) is 20.9 Å². The number of aromatic nitrogens is 1. The van der Waals surface area contributed by atoms with Crippen molar-refractivity contribution in [1.29, 1.82) is 0 Å². The van der Waals surface area contributed by atoms with E-state index >= 15 is 0 Å². The second-order valence-electron chi connectivity index (χ2n) is 6.00. The van der Waals surface area contributed by atoms with Crippen LogP contribution >= 0.6 is 0 Å². The summed E-state index contributed by atoms with van der Waals surface area (Å²) in [4.78, 5) is 9.40. The molecule has 104 valence electrons. The second-order valence-corrected chi connectivity index (χ2v) is 6.00. The van der Waals surface area contributed by atoms with Crippen LogP contribution in [0.1, 0.15) is 32.1 Å². The molecule has 2 fully saturated rings. The first-order valence-electron chi connectivity index (χ1n) is 7.79. The fourth-order valence-corrected chi connectivity index (χ4v) is 3.42. The summed E-state index contributed by atoms with van der Waals surface area (Å²) in [6, 6.07) is 4.22. The third-order valence-electron chi connectivity index (χ3n) is 4.59. The van der Waals surface area contributed by atoms with Crippen LogP contribution in [0.4, 0.5) is 5.69 Å². The highest BCUT2D eigenvalue weighted by atomic mass is 15.2. The molecule has 0 atom stereocenters. The fourth-order valence-electron chi connectivity index (χ4n) is 3.42. The van der Waals surface area contributed by atoms with Crippen LogP contribution in [0, 0.1) is 5.92 Å². The minimum Gasteiger partial charge on any atom is -0.370 e.